The van der Waals surface area contributed by atoms with Crippen molar-refractivity contribution >= 4 is 16.6 Å². The van der Waals surface area contributed by atoms with Gasteiger partial charge in [-0.1, -0.05) is 0 Å². The minimum atomic E-state index is -0.220. The molecule has 4 heteroatoms. The Kier molecular flexibility index (Phi) is 2.11. The third-order valence-corrected chi connectivity index (χ3v) is 2.30. The molecule has 0 aliphatic rings. The normalized spacial score (nSPS) is 10.5. The van der Waals surface area contributed by atoms with Gasteiger partial charge < -0.3 is 4.98 Å². The van der Waals surface area contributed by atoms with E-state index in [1.54, 1.807) is 6.07 Å². The van der Waals surface area contributed by atoms with Crippen LogP contribution in [0, 0.1) is 6.92 Å². The third-order valence-electron chi connectivity index (χ3n) is 2.30. The predicted molar refractivity (Wildman–Crippen MR) is 57.1 cm³/mol. The summed E-state index contributed by atoms with van der Waals surface area (Å²) in [5, 5.41) is 1.12. The highest BCUT2D eigenvalue weighted by Crippen LogP contribution is 2.15. The van der Waals surface area contributed by atoms with Crippen LogP contribution in [-0.2, 0) is 0 Å². The van der Waals surface area contributed by atoms with Crippen molar-refractivity contribution in [1.29, 1.82) is 0 Å². The first-order valence-corrected chi connectivity index (χ1v) is 4.58. The number of rotatable bonds is 1. The molecular formula is C11H10N2O2. The Bertz CT molecular complexity index is 599. The molecule has 0 saturated carbocycles. The van der Waals surface area contributed by atoms with Gasteiger partial charge in [-0.2, -0.15) is 0 Å². The standard InChI is InChI=1S/C11H10N2O2/c1-6-3-8-9(7(2)14)4-13-11(15)10(8)5-12-6/h3-5H,1-2H3,(H,13,15). The molecule has 1 N–H and O–H groups in total. The summed E-state index contributed by atoms with van der Waals surface area (Å²) in [4.78, 5) is 29.4. The van der Waals surface area contributed by atoms with Crippen molar-refractivity contribution < 1.29 is 4.79 Å². The van der Waals surface area contributed by atoms with Crippen molar-refractivity contribution in [2.75, 3.05) is 0 Å². The number of fused-ring (bicyclic) bond motifs is 1. The topological polar surface area (TPSA) is 62.8 Å². The fourth-order valence-corrected chi connectivity index (χ4v) is 1.55. The van der Waals surface area contributed by atoms with E-state index < -0.39 is 0 Å². The van der Waals surface area contributed by atoms with E-state index in [1.165, 1.54) is 19.3 Å². The van der Waals surface area contributed by atoms with Gasteiger partial charge >= 0.3 is 0 Å². The molecule has 0 radical (unpaired) electrons. The molecule has 2 aromatic rings. The number of hydrogen-bond acceptors (Lipinski definition) is 3. The van der Waals surface area contributed by atoms with Crippen LogP contribution in [-0.4, -0.2) is 15.8 Å². The van der Waals surface area contributed by atoms with E-state index in [9.17, 15) is 9.59 Å². The molecular weight excluding hydrogens is 192 g/mol. The van der Waals surface area contributed by atoms with Crippen molar-refractivity contribution in [1.82, 2.24) is 9.97 Å². The summed E-state index contributed by atoms with van der Waals surface area (Å²) in [7, 11) is 0. The van der Waals surface area contributed by atoms with Crippen molar-refractivity contribution in [2.24, 2.45) is 0 Å². The van der Waals surface area contributed by atoms with Crippen molar-refractivity contribution in [3.8, 4) is 0 Å². The molecule has 0 saturated heterocycles. The molecule has 2 rings (SSSR count). The summed E-state index contributed by atoms with van der Waals surface area (Å²) >= 11 is 0. The maximum Gasteiger partial charge on any atom is 0.257 e. The minimum absolute atomic E-state index is 0.0677. The number of carbonyl (C=O) groups excluding carboxylic acids is 1. The number of ketones is 1. The Balaban J connectivity index is 2.96. The van der Waals surface area contributed by atoms with Crippen LogP contribution in [0.15, 0.2) is 23.3 Å². The fourth-order valence-electron chi connectivity index (χ4n) is 1.55. The summed E-state index contributed by atoms with van der Waals surface area (Å²) in [6, 6.07) is 1.75. The summed E-state index contributed by atoms with van der Waals surface area (Å²) < 4.78 is 0. The van der Waals surface area contributed by atoms with Gasteiger partial charge in [0, 0.05) is 29.0 Å². The molecule has 0 aliphatic carbocycles. The number of pyridine rings is 2. The van der Waals surface area contributed by atoms with E-state index >= 15 is 0 Å². The largest absolute Gasteiger partial charge is 0.328 e. The Morgan fingerprint density at radius 1 is 1.40 bits per heavy atom. The number of aromatic nitrogens is 2. The van der Waals surface area contributed by atoms with E-state index in [0.717, 1.165) is 5.69 Å². The maximum absolute atomic E-state index is 11.5. The van der Waals surface area contributed by atoms with Crippen LogP contribution < -0.4 is 5.56 Å². The monoisotopic (exact) mass is 202 g/mol. The Labute approximate surface area is 86.0 Å². The average molecular weight is 202 g/mol. The number of H-pyrrole nitrogens is 1. The molecule has 76 valence electrons. The minimum Gasteiger partial charge on any atom is -0.328 e. The quantitative estimate of drug-likeness (QED) is 0.711. The molecule has 0 aromatic carbocycles. The lowest BCUT2D eigenvalue weighted by Crippen LogP contribution is -2.09. The molecule has 0 spiro atoms. The molecule has 0 amide bonds. The second-order valence-corrected chi connectivity index (χ2v) is 3.46. The molecule has 0 aliphatic heterocycles. The molecule has 2 aromatic heterocycles. The van der Waals surface area contributed by atoms with E-state index in [2.05, 4.69) is 9.97 Å². The second-order valence-electron chi connectivity index (χ2n) is 3.46. The summed E-state index contributed by atoms with van der Waals surface area (Å²) in [6.45, 7) is 3.30. The van der Waals surface area contributed by atoms with Crippen LogP contribution in [0.2, 0.25) is 0 Å². The summed E-state index contributed by atoms with van der Waals surface area (Å²) in [5.41, 5.74) is 1.09. The average Bonchev–Trinajstić information content (AvgIpc) is 2.17. The lowest BCUT2D eigenvalue weighted by molar-refractivity contribution is 0.101. The van der Waals surface area contributed by atoms with Crippen LogP contribution >= 0.6 is 0 Å². The zero-order chi connectivity index (χ0) is 11.0. The molecule has 0 atom stereocenters. The number of Topliss-reactive ketones (excluding diaryl/α,β-unsaturated/α-hetero) is 1. The zero-order valence-corrected chi connectivity index (χ0v) is 8.50. The highest BCUT2D eigenvalue weighted by molar-refractivity contribution is 6.06. The van der Waals surface area contributed by atoms with Crippen molar-refractivity contribution in [3.05, 3.63) is 40.1 Å². The van der Waals surface area contributed by atoms with Gasteiger partial charge in [0.25, 0.3) is 5.56 Å². The van der Waals surface area contributed by atoms with E-state index in [0.29, 0.717) is 16.3 Å². The number of aromatic amines is 1. The first kappa shape index (κ1) is 9.58. The lowest BCUT2D eigenvalue weighted by atomic mass is 10.1. The Morgan fingerprint density at radius 2 is 2.13 bits per heavy atom. The second kappa shape index (κ2) is 3.31. The molecule has 0 fully saturated rings. The molecule has 0 bridgehead atoms. The van der Waals surface area contributed by atoms with Crippen LogP contribution in [0.5, 0.6) is 0 Å². The van der Waals surface area contributed by atoms with Gasteiger partial charge in [-0.25, -0.2) is 0 Å². The van der Waals surface area contributed by atoms with Crippen LogP contribution in [0.25, 0.3) is 10.8 Å². The van der Waals surface area contributed by atoms with Crippen LogP contribution in [0.3, 0.4) is 0 Å². The van der Waals surface area contributed by atoms with Gasteiger partial charge in [-0.05, 0) is 19.9 Å². The van der Waals surface area contributed by atoms with Gasteiger partial charge in [0.1, 0.15) is 0 Å². The fraction of sp³-hybridized carbons (Fsp3) is 0.182. The first-order chi connectivity index (χ1) is 7.09. The molecule has 15 heavy (non-hydrogen) atoms. The van der Waals surface area contributed by atoms with Gasteiger partial charge in [-0.15, -0.1) is 0 Å². The summed E-state index contributed by atoms with van der Waals surface area (Å²) in [6.07, 6.45) is 2.95. The maximum atomic E-state index is 11.5. The Hall–Kier alpha value is -1.97. The zero-order valence-electron chi connectivity index (χ0n) is 8.50. The smallest absolute Gasteiger partial charge is 0.257 e. The Morgan fingerprint density at radius 3 is 2.80 bits per heavy atom. The van der Waals surface area contributed by atoms with Gasteiger partial charge in [0.2, 0.25) is 0 Å². The van der Waals surface area contributed by atoms with Crippen molar-refractivity contribution in [2.45, 2.75) is 13.8 Å². The third kappa shape index (κ3) is 1.54. The highest BCUT2D eigenvalue weighted by atomic mass is 16.1. The van der Waals surface area contributed by atoms with Crippen LogP contribution in [0.4, 0.5) is 0 Å². The number of hydrogen-bond donors (Lipinski definition) is 1. The SMILES string of the molecule is CC(=O)c1c[nH]c(=O)c2cnc(C)cc12. The highest BCUT2D eigenvalue weighted by Gasteiger charge is 2.08. The molecule has 0 unspecified atom stereocenters. The number of aryl methyl sites for hydroxylation is 1. The number of nitrogens with zero attached hydrogens (tertiary/aromatic N) is 1. The molecule has 4 nitrogen and oxygen atoms in total. The van der Waals surface area contributed by atoms with Crippen molar-refractivity contribution in [3.63, 3.8) is 0 Å². The lowest BCUT2D eigenvalue weighted by Gasteiger charge is -2.02. The van der Waals surface area contributed by atoms with E-state index in [1.807, 2.05) is 6.92 Å². The number of carbonyl (C=O) groups is 1. The number of nitrogens with one attached hydrogen (secondary N) is 1. The van der Waals surface area contributed by atoms with E-state index in [4.69, 9.17) is 0 Å². The van der Waals surface area contributed by atoms with E-state index in [-0.39, 0.29) is 11.3 Å². The van der Waals surface area contributed by atoms with Gasteiger partial charge in [-0.3, -0.25) is 14.6 Å². The molecule has 2 heterocycles. The predicted octanol–water partition coefficient (Wildman–Crippen LogP) is 1.43. The van der Waals surface area contributed by atoms with Gasteiger partial charge in [0.15, 0.2) is 5.78 Å². The summed E-state index contributed by atoms with van der Waals surface area (Å²) in [5.74, 6) is -0.0677. The van der Waals surface area contributed by atoms with Gasteiger partial charge in [0.05, 0.1) is 5.39 Å². The first-order valence-electron chi connectivity index (χ1n) is 4.58. The van der Waals surface area contributed by atoms with Crippen LogP contribution in [0.1, 0.15) is 23.0 Å².